The van der Waals surface area contributed by atoms with Crippen molar-refractivity contribution < 1.29 is 9.72 Å². The maximum Gasteiger partial charge on any atom is 0.270 e. The van der Waals surface area contributed by atoms with E-state index in [2.05, 4.69) is 31.2 Å². The van der Waals surface area contributed by atoms with Gasteiger partial charge in [-0.15, -0.1) is 0 Å². The van der Waals surface area contributed by atoms with Crippen LogP contribution in [0.2, 0.25) is 0 Å². The van der Waals surface area contributed by atoms with Crippen LogP contribution in [-0.4, -0.2) is 26.6 Å². The first-order chi connectivity index (χ1) is 10.8. The highest BCUT2D eigenvalue weighted by Crippen LogP contribution is 2.27. The fourth-order valence-corrected chi connectivity index (χ4v) is 3.01. The number of halogens is 1. The van der Waals surface area contributed by atoms with Crippen LogP contribution < -0.4 is 5.32 Å². The highest BCUT2D eigenvalue weighted by atomic mass is 79.9. The van der Waals surface area contributed by atoms with E-state index in [9.17, 15) is 14.9 Å². The smallest absolute Gasteiger partial charge is 0.270 e. The number of carbonyl (C=O) groups excluding carboxylic acids is 1. The Labute approximate surface area is 145 Å². The molecule has 0 aliphatic heterocycles. The van der Waals surface area contributed by atoms with E-state index in [0.717, 1.165) is 11.4 Å². The number of nitro benzene ring substituents is 1. The lowest BCUT2D eigenvalue weighted by Gasteiger charge is -2.07. The van der Waals surface area contributed by atoms with Crippen LogP contribution in [0.4, 0.5) is 11.4 Å². The summed E-state index contributed by atoms with van der Waals surface area (Å²) in [6.07, 6.45) is 0. The Hall–Kier alpha value is -2.00. The van der Waals surface area contributed by atoms with Crippen LogP contribution in [0.5, 0.6) is 0 Å². The molecule has 1 aromatic carbocycles. The number of amides is 1. The predicted octanol–water partition coefficient (Wildman–Crippen LogP) is 3.49. The quantitative estimate of drug-likeness (QED) is 0.359. The molecule has 9 heteroatoms. The lowest BCUT2D eigenvalue weighted by molar-refractivity contribution is -0.384. The van der Waals surface area contributed by atoms with E-state index in [1.165, 1.54) is 30.0 Å². The van der Waals surface area contributed by atoms with Gasteiger partial charge in [-0.2, -0.15) is 0 Å². The average molecular weight is 397 g/mol. The number of benzene rings is 1. The predicted molar refractivity (Wildman–Crippen MR) is 91.7 cm³/mol. The molecule has 2 rings (SSSR count). The molecule has 1 aromatic heterocycles. The van der Waals surface area contributed by atoms with Crippen molar-refractivity contribution in [3.8, 4) is 0 Å². The van der Waals surface area contributed by atoms with E-state index < -0.39 is 4.92 Å². The molecule has 1 amide bonds. The van der Waals surface area contributed by atoms with Gasteiger partial charge >= 0.3 is 0 Å². The molecule has 0 aliphatic carbocycles. The molecule has 1 N–H and O–H groups in total. The minimum absolute atomic E-state index is 0.0483. The van der Waals surface area contributed by atoms with E-state index in [0.29, 0.717) is 15.3 Å². The van der Waals surface area contributed by atoms with Crippen molar-refractivity contribution in [2.24, 2.45) is 0 Å². The summed E-state index contributed by atoms with van der Waals surface area (Å²) in [6.45, 7) is 3.74. The molecule has 1 heterocycles. The number of aromatic nitrogens is 2. The monoisotopic (exact) mass is 396 g/mol. The molecule has 0 aliphatic rings. The second-order valence-electron chi connectivity index (χ2n) is 4.69. The number of nitrogens with zero attached hydrogens (tertiary/aromatic N) is 3. The van der Waals surface area contributed by atoms with Gasteiger partial charge in [-0.05, 0) is 41.9 Å². The van der Waals surface area contributed by atoms with Crippen molar-refractivity contribution in [3.63, 3.8) is 0 Å². The van der Waals surface area contributed by atoms with Crippen molar-refractivity contribution in [1.82, 2.24) is 9.97 Å². The van der Waals surface area contributed by atoms with Gasteiger partial charge in [0.15, 0.2) is 5.16 Å². The second kappa shape index (κ2) is 7.51. The van der Waals surface area contributed by atoms with Gasteiger partial charge in [0.1, 0.15) is 0 Å². The third-order valence-corrected chi connectivity index (χ3v) is 4.24. The van der Waals surface area contributed by atoms with Gasteiger partial charge < -0.3 is 5.32 Å². The molecule has 7 nitrogen and oxygen atoms in total. The maximum atomic E-state index is 12.0. The lowest BCUT2D eigenvalue weighted by atomic mass is 10.3. The molecule has 23 heavy (non-hydrogen) atoms. The average Bonchev–Trinajstić information content (AvgIpc) is 2.46. The molecule has 2 aromatic rings. The van der Waals surface area contributed by atoms with Gasteiger partial charge in [0, 0.05) is 28.0 Å². The summed E-state index contributed by atoms with van der Waals surface area (Å²) < 4.78 is 0.452. The zero-order chi connectivity index (χ0) is 17.0. The molecular weight excluding hydrogens is 384 g/mol. The molecule has 0 bridgehead atoms. The number of rotatable bonds is 5. The summed E-state index contributed by atoms with van der Waals surface area (Å²) in [5.74, 6) is -0.0981. The van der Waals surface area contributed by atoms with Crippen molar-refractivity contribution in [2.75, 3.05) is 11.1 Å². The number of nitrogens with one attached hydrogen (secondary N) is 1. The molecule has 0 unspecified atom stereocenters. The van der Waals surface area contributed by atoms with Crippen molar-refractivity contribution in [1.29, 1.82) is 0 Å². The third kappa shape index (κ3) is 5.00. The van der Waals surface area contributed by atoms with E-state index in [1.807, 2.05) is 19.9 Å². The minimum Gasteiger partial charge on any atom is -0.324 e. The zero-order valence-corrected chi connectivity index (χ0v) is 14.8. The number of thioether (sulfide) groups is 1. The Kier molecular flexibility index (Phi) is 5.67. The summed E-state index contributed by atoms with van der Waals surface area (Å²) in [6, 6.07) is 6.02. The second-order valence-corrected chi connectivity index (χ2v) is 6.49. The molecule has 0 saturated carbocycles. The topological polar surface area (TPSA) is 98.0 Å². The van der Waals surface area contributed by atoms with E-state index in [1.54, 1.807) is 0 Å². The molecule has 0 fully saturated rings. The summed E-state index contributed by atoms with van der Waals surface area (Å²) in [5, 5.41) is 13.9. The van der Waals surface area contributed by atoms with Crippen molar-refractivity contribution in [3.05, 3.63) is 50.2 Å². The number of nitro groups is 1. The molecule has 0 radical (unpaired) electrons. The summed E-state index contributed by atoms with van der Waals surface area (Å²) in [4.78, 5) is 30.7. The molecular formula is C14H13BrN4O3S. The number of hydrogen-bond donors (Lipinski definition) is 1. The van der Waals surface area contributed by atoms with Gasteiger partial charge in [0.25, 0.3) is 5.69 Å². The number of carbonyl (C=O) groups is 1. The Morgan fingerprint density at radius 3 is 2.52 bits per heavy atom. The lowest BCUT2D eigenvalue weighted by Crippen LogP contribution is -2.14. The van der Waals surface area contributed by atoms with Crippen LogP contribution in [0.15, 0.2) is 33.9 Å². The fourth-order valence-electron chi connectivity index (χ4n) is 1.79. The van der Waals surface area contributed by atoms with Crippen LogP contribution in [-0.2, 0) is 4.79 Å². The van der Waals surface area contributed by atoms with Crippen LogP contribution in [0, 0.1) is 24.0 Å². The maximum absolute atomic E-state index is 12.0. The third-order valence-electron chi connectivity index (χ3n) is 2.73. The molecule has 0 saturated heterocycles. The number of anilines is 1. The largest absolute Gasteiger partial charge is 0.324 e. The normalized spacial score (nSPS) is 10.4. The standard InChI is InChI=1S/C14H13BrN4O3S/c1-8-5-9(2)17-14(16-8)23-7-13(20)18-12-4-3-10(19(21)22)6-11(12)15/h3-6H,7H2,1-2H3,(H,18,20). The molecule has 120 valence electrons. The highest BCUT2D eigenvalue weighted by molar-refractivity contribution is 9.10. The Balaban J connectivity index is 1.98. The van der Waals surface area contributed by atoms with Gasteiger partial charge in [0.05, 0.1) is 16.4 Å². The van der Waals surface area contributed by atoms with Crippen LogP contribution in [0.3, 0.4) is 0 Å². The van der Waals surface area contributed by atoms with Gasteiger partial charge in [-0.1, -0.05) is 11.8 Å². The number of non-ortho nitro benzene ring substituents is 1. The van der Waals surface area contributed by atoms with E-state index in [-0.39, 0.29) is 17.3 Å². The Bertz CT molecular complexity index is 749. The summed E-state index contributed by atoms with van der Waals surface area (Å²) >= 11 is 4.44. The minimum atomic E-state index is -0.496. The SMILES string of the molecule is Cc1cc(C)nc(SCC(=O)Nc2ccc([N+](=O)[O-])cc2Br)n1. The summed E-state index contributed by atoms with van der Waals surface area (Å²) in [5.41, 5.74) is 2.12. The van der Waals surface area contributed by atoms with E-state index >= 15 is 0 Å². The van der Waals surface area contributed by atoms with Crippen LogP contribution >= 0.6 is 27.7 Å². The molecule has 0 atom stereocenters. The van der Waals surface area contributed by atoms with Gasteiger partial charge in [-0.3, -0.25) is 14.9 Å². The van der Waals surface area contributed by atoms with Crippen molar-refractivity contribution in [2.45, 2.75) is 19.0 Å². The Morgan fingerprint density at radius 2 is 1.96 bits per heavy atom. The fraction of sp³-hybridized carbons (Fsp3) is 0.214. The number of aryl methyl sites for hydroxylation is 2. The molecule has 0 spiro atoms. The van der Waals surface area contributed by atoms with Crippen LogP contribution in [0.25, 0.3) is 0 Å². The Morgan fingerprint density at radius 1 is 1.30 bits per heavy atom. The summed E-state index contributed by atoms with van der Waals surface area (Å²) in [7, 11) is 0. The van der Waals surface area contributed by atoms with Crippen molar-refractivity contribution >= 4 is 45.0 Å². The first kappa shape index (κ1) is 17.4. The first-order valence-corrected chi connectivity index (χ1v) is 8.32. The first-order valence-electron chi connectivity index (χ1n) is 6.54. The van der Waals surface area contributed by atoms with Gasteiger partial charge in [0.2, 0.25) is 5.91 Å². The van der Waals surface area contributed by atoms with Crippen LogP contribution in [0.1, 0.15) is 11.4 Å². The highest BCUT2D eigenvalue weighted by Gasteiger charge is 2.12. The zero-order valence-electron chi connectivity index (χ0n) is 12.4. The van der Waals surface area contributed by atoms with E-state index in [4.69, 9.17) is 0 Å². The van der Waals surface area contributed by atoms with Gasteiger partial charge in [-0.25, -0.2) is 9.97 Å². The number of hydrogen-bond acceptors (Lipinski definition) is 6.